The number of nitrogens with one attached hydrogen (secondary N) is 1. The normalized spacial score (nSPS) is 14.2. The Kier molecular flexibility index (Phi) is 6.98. The number of anilines is 1. The maximum Gasteiger partial charge on any atom is 0.348 e. The summed E-state index contributed by atoms with van der Waals surface area (Å²) in [4.78, 5) is 41.1. The lowest BCUT2D eigenvalue weighted by atomic mass is 10.2. The molecule has 1 aromatic carbocycles. The van der Waals surface area contributed by atoms with Gasteiger partial charge in [0.1, 0.15) is 4.88 Å². The number of thiophene rings is 1. The number of piperazine rings is 1. The van der Waals surface area contributed by atoms with Crippen LogP contribution >= 0.6 is 11.3 Å². The summed E-state index contributed by atoms with van der Waals surface area (Å²) in [5.74, 6) is -1.03. The molecule has 9 heteroatoms. The molecule has 0 spiro atoms. The highest BCUT2D eigenvalue weighted by Crippen LogP contribution is 2.23. The van der Waals surface area contributed by atoms with Crippen LogP contribution in [0.5, 0.6) is 0 Å². The summed E-state index contributed by atoms with van der Waals surface area (Å²) in [6, 6.07) is 16.5. The molecule has 0 atom stereocenters. The number of hydrogen-bond acceptors (Lipinski definition) is 7. The molecule has 2 aromatic heterocycles. The zero-order valence-corrected chi connectivity index (χ0v) is 18.2. The Hall–Kier alpha value is -3.43. The van der Waals surface area contributed by atoms with Gasteiger partial charge in [-0.3, -0.25) is 14.5 Å². The first-order valence-electron chi connectivity index (χ1n) is 10.2. The summed E-state index contributed by atoms with van der Waals surface area (Å²) in [5.41, 5.74) is 1.25. The summed E-state index contributed by atoms with van der Waals surface area (Å²) in [7, 11) is 0. The number of rotatable bonds is 7. The second kappa shape index (κ2) is 10.3. The molecule has 32 heavy (non-hydrogen) atoms. The molecule has 166 valence electrons. The van der Waals surface area contributed by atoms with Gasteiger partial charge >= 0.3 is 5.97 Å². The SMILES string of the molecule is O=C(Nc1ccc(C(=O)OCC(=O)N2CCN(Cc3ccccc3)CC2)s1)c1ccco1. The summed E-state index contributed by atoms with van der Waals surface area (Å²) in [6.07, 6.45) is 1.41. The van der Waals surface area contributed by atoms with Crippen LogP contribution in [0.3, 0.4) is 0 Å². The number of amides is 2. The van der Waals surface area contributed by atoms with Crippen molar-refractivity contribution in [2.45, 2.75) is 6.54 Å². The van der Waals surface area contributed by atoms with Crippen molar-refractivity contribution in [3.63, 3.8) is 0 Å². The van der Waals surface area contributed by atoms with Gasteiger partial charge in [0.25, 0.3) is 11.8 Å². The zero-order valence-electron chi connectivity index (χ0n) is 17.4. The molecule has 3 heterocycles. The molecule has 1 N–H and O–H groups in total. The van der Waals surface area contributed by atoms with E-state index in [9.17, 15) is 14.4 Å². The van der Waals surface area contributed by atoms with Crippen LogP contribution in [-0.4, -0.2) is 60.4 Å². The average Bonchev–Trinajstić information content (AvgIpc) is 3.51. The van der Waals surface area contributed by atoms with E-state index in [-0.39, 0.29) is 18.3 Å². The van der Waals surface area contributed by atoms with Crippen LogP contribution < -0.4 is 5.32 Å². The van der Waals surface area contributed by atoms with Gasteiger partial charge in [-0.05, 0) is 29.8 Å². The topological polar surface area (TPSA) is 92.1 Å². The van der Waals surface area contributed by atoms with Gasteiger partial charge in [0.05, 0.1) is 11.3 Å². The summed E-state index contributed by atoms with van der Waals surface area (Å²) >= 11 is 1.08. The van der Waals surface area contributed by atoms with Crippen LogP contribution in [0.1, 0.15) is 25.8 Å². The van der Waals surface area contributed by atoms with Gasteiger partial charge in [0.15, 0.2) is 12.4 Å². The van der Waals surface area contributed by atoms with Crippen molar-refractivity contribution in [2.24, 2.45) is 0 Å². The predicted molar refractivity (Wildman–Crippen MR) is 120 cm³/mol. The number of esters is 1. The Morgan fingerprint density at radius 1 is 0.969 bits per heavy atom. The molecule has 4 rings (SSSR count). The third kappa shape index (κ3) is 5.63. The quantitative estimate of drug-likeness (QED) is 0.553. The lowest BCUT2D eigenvalue weighted by molar-refractivity contribution is -0.136. The highest BCUT2D eigenvalue weighted by molar-refractivity contribution is 7.18. The van der Waals surface area contributed by atoms with E-state index in [2.05, 4.69) is 22.3 Å². The van der Waals surface area contributed by atoms with Crippen LogP contribution in [0.15, 0.2) is 65.3 Å². The van der Waals surface area contributed by atoms with Crippen LogP contribution in [0.4, 0.5) is 5.00 Å². The fraction of sp³-hybridized carbons (Fsp3) is 0.261. The second-order valence-corrected chi connectivity index (χ2v) is 8.40. The minimum absolute atomic E-state index is 0.178. The van der Waals surface area contributed by atoms with Gasteiger partial charge in [-0.1, -0.05) is 30.3 Å². The molecule has 1 aliphatic heterocycles. The Labute approximate surface area is 189 Å². The van der Waals surface area contributed by atoms with Gasteiger partial charge in [0.2, 0.25) is 0 Å². The van der Waals surface area contributed by atoms with Crippen LogP contribution in [0, 0.1) is 0 Å². The number of carbonyl (C=O) groups is 3. The van der Waals surface area contributed by atoms with Crippen LogP contribution in [0.2, 0.25) is 0 Å². The number of ether oxygens (including phenoxy) is 1. The fourth-order valence-electron chi connectivity index (χ4n) is 3.38. The van der Waals surface area contributed by atoms with E-state index in [0.29, 0.717) is 23.0 Å². The van der Waals surface area contributed by atoms with Crippen molar-refractivity contribution in [2.75, 3.05) is 38.1 Å². The van der Waals surface area contributed by atoms with Crippen molar-refractivity contribution in [3.05, 3.63) is 77.1 Å². The van der Waals surface area contributed by atoms with Gasteiger partial charge in [-0.25, -0.2) is 4.79 Å². The monoisotopic (exact) mass is 453 g/mol. The molecule has 1 saturated heterocycles. The maximum atomic E-state index is 12.4. The van der Waals surface area contributed by atoms with Crippen molar-refractivity contribution >= 4 is 34.1 Å². The summed E-state index contributed by atoms with van der Waals surface area (Å²) in [5, 5.41) is 3.14. The van der Waals surface area contributed by atoms with Gasteiger partial charge in [-0.15, -0.1) is 11.3 Å². The third-order valence-corrected chi connectivity index (χ3v) is 6.07. The molecule has 0 bridgehead atoms. The van der Waals surface area contributed by atoms with Crippen molar-refractivity contribution < 1.29 is 23.5 Å². The molecule has 3 aromatic rings. The number of benzene rings is 1. The van der Waals surface area contributed by atoms with Gasteiger partial charge in [0, 0.05) is 32.7 Å². The van der Waals surface area contributed by atoms with Crippen LogP contribution in [0.25, 0.3) is 0 Å². The van der Waals surface area contributed by atoms with Crippen molar-refractivity contribution in [1.82, 2.24) is 9.80 Å². The third-order valence-electron chi connectivity index (χ3n) is 5.09. The van der Waals surface area contributed by atoms with Crippen molar-refractivity contribution in [3.8, 4) is 0 Å². The smallest absolute Gasteiger partial charge is 0.348 e. The van der Waals surface area contributed by atoms with E-state index in [1.54, 1.807) is 29.2 Å². The Bertz CT molecular complexity index is 1060. The Morgan fingerprint density at radius 2 is 1.75 bits per heavy atom. The lowest BCUT2D eigenvalue weighted by Crippen LogP contribution is -2.49. The highest BCUT2D eigenvalue weighted by atomic mass is 32.1. The molecule has 0 radical (unpaired) electrons. The average molecular weight is 454 g/mol. The molecule has 8 nitrogen and oxygen atoms in total. The number of nitrogens with zero attached hydrogens (tertiary/aromatic N) is 2. The van der Waals surface area contributed by atoms with E-state index < -0.39 is 11.9 Å². The van der Waals surface area contributed by atoms with E-state index in [1.165, 1.54) is 11.8 Å². The standard InChI is InChI=1S/C23H23N3O5S/c27-21(26-12-10-25(11-13-26)15-17-5-2-1-3-6-17)16-31-23(29)19-8-9-20(32-19)24-22(28)18-7-4-14-30-18/h1-9,14H,10-13,15-16H2,(H,24,28). The number of furan rings is 1. The molecule has 1 aliphatic rings. The largest absolute Gasteiger partial charge is 0.459 e. The minimum atomic E-state index is -0.593. The first-order chi connectivity index (χ1) is 15.6. The minimum Gasteiger partial charge on any atom is -0.459 e. The van der Waals surface area contributed by atoms with E-state index in [1.807, 2.05) is 18.2 Å². The first kappa shape index (κ1) is 21.8. The highest BCUT2D eigenvalue weighted by Gasteiger charge is 2.23. The molecule has 0 saturated carbocycles. The van der Waals surface area contributed by atoms with Crippen molar-refractivity contribution in [1.29, 1.82) is 0 Å². The molecule has 2 amide bonds. The molecule has 1 fully saturated rings. The zero-order chi connectivity index (χ0) is 22.3. The maximum absolute atomic E-state index is 12.4. The number of carbonyl (C=O) groups excluding carboxylic acids is 3. The second-order valence-electron chi connectivity index (χ2n) is 7.31. The molecular weight excluding hydrogens is 430 g/mol. The van der Waals surface area contributed by atoms with E-state index >= 15 is 0 Å². The summed E-state index contributed by atoms with van der Waals surface area (Å²) < 4.78 is 10.2. The van der Waals surface area contributed by atoms with Crippen LogP contribution in [-0.2, 0) is 16.1 Å². The Balaban J connectivity index is 1.20. The molecule has 0 aliphatic carbocycles. The lowest BCUT2D eigenvalue weighted by Gasteiger charge is -2.34. The van der Waals surface area contributed by atoms with E-state index in [4.69, 9.17) is 9.15 Å². The van der Waals surface area contributed by atoms with Gasteiger partial charge in [-0.2, -0.15) is 0 Å². The molecular formula is C23H23N3O5S. The predicted octanol–water partition coefficient (Wildman–Crippen LogP) is 3.09. The Morgan fingerprint density at radius 3 is 2.47 bits per heavy atom. The fourth-order valence-corrected chi connectivity index (χ4v) is 4.18. The summed E-state index contributed by atoms with van der Waals surface area (Å²) in [6.45, 7) is 3.31. The number of hydrogen-bond donors (Lipinski definition) is 1. The molecule has 0 unspecified atom stereocenters. The van der Waals surface area contributed by atoms with E-state index in [0.717, 1.165) is 31.0 Å². The van der Waals surface area contributed by atoms with Gasteiger partial charge < -0.3 is 19.4 Å². The first-order valence-corrected chi connectivity index (χ1v) is 11.1.